The van der Waals surface area contributed by atoms with Crippen LogP contribution >= 0.6 is 0 Å². The number of benzene rings is 1. The van der Waals surface area contributed by atoms with Crippen LogP contribution in [0.15, 0.2) is 18.2 Å². The average molecular weight is 349 g/mol. The standard InChI is InChI=1S/C19H27NO5/c1-5-7-10-25-19(22)17-15(6-2)18(21)20(17)12-13-8-9-14(23-3)11-16(13)24-4/h8-9,11,15,17H,5-7,10,12H2,1-4H3. The van der Waals surface area contributed by atoms with Gasteiger partial charge < -0.3 is 19.1 Å². The van der Waals surface area contributed by atoms with Crippen LogP contribution in [0.25, 0.3) is 0 Å². The summed E-state index contributed by atoms with van der Waals surface area (Å²) in [4.78, 5) is 26.4. The third kappa shape index (κ3) is 4.06. The first-order chi connectivity index (χ1) is 12.1. The minimum absolute atomic E-state index is 0.0159. The summed E-state index contributed by atoms with van der Waals surface area (Å²) in [6.07, 6.45) is 2.42. The van der Waals surface area contributed by atoms with Gasteiger partial charge in [-0.25, -0.2) is 4.79 Å². The van der Waals surface area contributed by atoms with Gasteiger partial charge in [-0.15, -0.1) is 0 Å². The van der Waals surface area contributed by atoms with Gasteiger partial charge in [-0.2, -0.15) is 0 Å². The quantitative estimate of drug-likeness (QED) is 0.390. The van der Waals surface area contributed by atoms with Crippen molar-refractivity contribution in [1.82, 2.24) is 4.90 Å². The molecular weight excluding hydrogens is 322 g/mol. The number of β-lactam (4-membered cyclic amide) rings is 1. The van der Waals surface area contributed by atoms with Gasteiger partial charge in [-0.05, 0) is 25.0 Å². The summed E-state index contributed by atoms with van der Waals surface area (Å²) in [6, 6.07) is 4.92. The normalized spacial score (nSPS) is 19.4. The average Bonchev–Trinajstić information content (AvgIpc) is 2.63. The maximum absolute atomic E-state index is 12.4. The molecule has 6 heteroatoms. The summed E-state index contributed by atoms with van der Waals surface area (Å²) in [5.41, 5.74) is 0.831. The Hall–Kier alpha value is -2.24. The maximum atomic E-state index is 12.4. The Morgan fingerprint density at radius 3 is 2.56 bits per heavy atom. The van der Waals surface area contributed by atoms with Crippen molar-refractivity contribution in [2.75, 3.05) is 20.8 Å². The molecule has 2 atom stereocenters. The fourth-order valence-electron chi connectivity index (χ4n) is 3.05. The number of carbonyl (C=O) groups is 2. The highest BCUT2D eigenvalue weighted by atomic mass is 16.5. The van der Waals surface area contributed by atoms with E-state index in [9.17, 15) is 9.59 Å². The molecule has 1 fully saturated rings. The number of unbranched alkanes of at least 4 members (excludes halogenated alkanes) is 1. The molecule has 1 saturated heterocycles. The van der Waals surface area contributed by atoms with Crippen molar-refractivity contribution in [1.29, 1.82) is 0 Å². The number of rotatable bonds is 9. The van der Waals surface area contributed by atoms with Gasteiger partial charge in [-0.3, -0.25) is 4.79 Å². The molecule has 0 aromatic heterocycles. The van der Waals surface area contributed by atoms with E-state index in [0.717, 1.165) is 18.4 Å². The van der Waals surface area contributed by atoms with E-state index in [1.54, 1.807) is 25.2 Å². The summed E-state index contributed by atoms with van der Waals surface area (Å²) in [5, 5.41) is 0. The number of nitrogens with zero attached hydrogens (tertiary/aromatic N) is 1. The Balaban J connectivity index is 2.13. The molecule has 138 valence electrons. The van der Waals surface area contributed by atoms with E-state index in [1.807, 2.05) is 26.0 Å². The van der Waals surface area contributed by atoms with Gasteiger partial charge in [0.05, 0.1) is 33.3 Å². The number of methoxy groups -OCH3 is 2. The molecule has 1 aromatic rings. The van der Waals surface area contributed by atoms with Crippen LogP contribution in [-0.2, 0) is 20.9 Å². The lowest BCUT2D eigenvalue weighted by Gasteiger charge is -2.45. The predicted octanol–water partition coefficient (Wildman–Crippen LogP) is 2.78. The van der Waals surface area contributed by atoms with Crippen molar-refractivity contribution in [2.24, 2.45) is 5.92 Å². The van der Waals surface area contributed by atoms with Crippen molar-refractivity contribution in [3.05, 3.63) is 23.8 Å². The SMILES string of the molecule is CCCCOC(=O)C1C(CC)C(=O)N1Cc1ccc(OC)cc1OC. The van der Waals surface area contributed by atoms with Gasteiger partial charge in [0.2, 0.25) is 5.91 Å². The lowest BCUT2D eigenvalue weighted by Crippen LogP contribution is -2.63. The van der Waals surface area contributed by atoms with E-state index in [4.69, 9.17) is 14.2 Å². The molecule has 2 rings (SSSR count). The number of ether oxygens (including phenoxy) is 3. The van der Waals surface area contributed by atoms with E-state index in [-0.39, 0.29) is 17.8 Å². The molecule has 1 amide bonds. The zero-order valence-corrected chi connectivity index (χ0v) is 15.4. The van der Waals surface area contributed by atoms with Crippen LogP contribution in [0.1, 0.15) is 38.7 Å². The second kappa shape index (κ2) is 8.74. The van der Waals surface area contributed by atoms with Crippen molar-refractivity contribution in [3.63, 3.8) is 0 Å². The van der Waals surface area contributed by atoms with Crippen molar-refractivity contribution < 1.29 is 23.8 Å². The summed E-state index contributed by atoms with van der Waals surface area (Å²) < 4.78 is 15.9. The zero-order chi connectivity index (χ0) is 18.4. The van der Waals surface area contributed by atoms with Crippen LogP contribution in [0.2, 0.25) is 0 Å². The second-order valence-electron chi connectivity index (χ2n) is 6.12. The minimum Gasteiger partial charge on any atom is -0.497 e. The highest BCUT2D eigenvalue weighted by Crippen LogP contribution is 2.34. The third-order valence-electron chi connectivity index (χ3n) is 4.58. The first-order valence-corrected chi connectivity index (χ1v) is 8.75. The molecular formula is C19H27NO5. The molecule has 25 heavy (non-hydrogen) atoms. The summed E-state index contributed by atoms with van der Waals surface area (Å²) in [5.74, 6) is 0.686. The highest BCUT2D eigenvalue weighted by molar-refractivity contribution is 5.97. The van der Waals surface area contributed by atoms with Gasteiger partial charge in [0.25, 0.3) is 0 Å². The van der Waals surface area contributed by atoms with E-state index < -0.39 is 6.04 Å². The molecule has 0 aliphatic carbocycles. The zero-order valence-electron chi connectivity index (χ0n) is 15.4. The number of hydrogen-bond donors (Lipinski definition) is 0. The van der Waals surface area contributed by atoms with Crippen LogP contribution in [0.4, 0.5) is 0 Å². The van der Waals surface area contributed by atoms with Crippen molar-refractivity contribution >= 4 is 11.9 Å². The van der Waals surface area contributed by atoms with Gasteiger partial charge >= 0.3 is 5.97 Å². The Labute approximate surface area is 149 Å². The summed E-state index contributed by atoms with van der Waals surface area (Å²) >= 11 is 0. The van der Waals surface area contributed by atoms with Gasteiger partial charge in [-0.1, -0.05) is 20.3 Å². The molecule has 6 nitrogen and oxygen atoms in total. The van der Waals surface area contributed by atoms with Crippen LogP contribution in [0, 0.1) is 5.92 Å². The molecule has 1 heterocycles. The van der Waals surface area contributed by atoms with Crippen LogP contribution < -0.4 is 9.47 Å². The summed E-state index contributed by atoms with van der Waals surface area (Å²) in [6.45, 7) is 4.67. The van der Waals surface area contributed by atoms with Crippen molar-refractivity contribution in [3.8, 4) is 11.5 Å². The number of likely N-dealkylation sites (tertiary alicyclic amines) is 1. The fraction of sp³-hybridized carbons (Fsp3) is 0.579. The monoisotopic (exact) mass is 349 g/mol. The Morgan fingerprint density at radius 2 is 1.96 bits per heavy atom. The smallest absolute Gasteiger partial charge is 0.329 e. The lowest BCUT2D eigenvalue weighted by molar-refractivity contribution is -0.175. The predicted molar refractivity (Wildman–Crippen MR) is 93.5 cm³/mol. The number of amides is 1. The van der Waals surface area contributed by atoms with E-state index >= 15 is 0 Å². The summed E-state index contributed by atoms with van der Waals surface area (Å²) in [7, 11) is 3.16. The minimum atomic E-state index is -0.513. The molecule has 0 saturated carbocycles. The van der Waals surface area contributed by atoms with E-state index in [1.165, 1.54) is 0 Å². The van der Waals surface area contributed by atoms with Crippen LogP contribution in [0.3, 0.4) is 0 Å². The van der Waals surface area contributed by atoms with Gasteiger partial charge in [0.15, 0.2) is 0 Å². The Morgan fingerprint density at radius 1 is 1.20 bits per heavy atom. The topological polar surface area (TPSA) is 65.1 Å². The first kappa shape index (κ1) is 19.1. The number of hydrogen-bond acceptors (Lipinski definition) is 5. The molecule has 1 aromatic carbocycles. The van der Waals surface area contributed by atoms with Crippen LogP contribution in [0.5, 0.6) is 11.5 Å². The molecule has 2 unspecified atom stereocenters. The molecule has 0 N–H and O–H groups in total. The van der Waals surface area contributed by atoms with E-state index in [2.05, 4.69) is 0 Å². The fourth-order valence-corrected chi connectivity index (χ4v) is 3.05. The van der Waals surface area contributed by atoms with E-state index in [0.29, 0.717) is 31.1 Å². The number of esters is 1. The van der Waals surface area contributed by atoms with Crippen molar-refractivity contribution in [2.45, 2.75) is 45.7 Å². The molecule has 0 bridgehead atoms. The second-order valence-corrected chi connectivity index (χ2v) is 6.12. The molecule has 0 spiro atoms. The number of carbonyl (C=O) groups excluding carboxylic acids is 2. The Bertz CT molecular complexity index is 616. The lowest BCUT2D eigenvalue weighted by atomic mass is 9.84. The Kier molecular flexibility index (Phi) is 6.67. The molecule has 0 radical (unpaired) electrons. The highest BCUT2D eigenvalue weighted by Gasteiger charge is 2.51. The van der Waals surface area contributed by atoms with Gasteiger partial charge in [0.1, 0.15) is 17.5 Å². The largest absolute Gasteiger partial charge is 0.497 e. The molecule has 1 aliphatic rings. The molecule has 1 aliphatic heterocycles. The third-order valence-corrected chi connectivity index (χ3v) is 4.58. The first-order valence-electron chi connectivity index (χ1n) is 8.75. The van der Waals surface area contributed by atoms with Gasteiger partial charge in [0, 0.05) is 11.6 Å². The maximum Gasteiger partial charge on any atom is 0.329 e. The van der Waals surface area contributed by atoms with Crippen LogP contribution in [-0.4, -0.2) is 43.6 Å².